The first-order valence-corrected chi connectivity index (χ1v) is 10.9. The van der Waals surface area contributed by atoms with E-state index in [9.17, 15) is 18.0 Å². The number of sulfonamides is 1. The highest BCUT2D eigenvalue weighted by Gasteiger charge is 2.31. The number of amides is 2. The fourth-order valence-electron chi connectivity index (χ4n) is 3.38. The van der Waals surface area contributed by atoms with Crippen LogP contribution < -0.4 is 10.0 Å². The largest absolute Gasteiger partial charge is 0.369 e. The van der Waals surface area contributed by atoms with Gasteiger partial charge in [0.2, 0.25) is 11.8 Å². The Morgan fingerprint density at radius 2 is 1.62 bits per heavy atom. The fourth-order valence-corrected chi connectivity index (χ4v) is 4.80. The predicted octanol–water partition coefficient (Wildman–Crippen LogP) is 1.91. The van der Waals surface area contributed by atoms with Gasteiger partial charge in [-0.25, -0.2) is 8.42 Å². The van der Waals surface area contributed by atoms with Crippen molar-refractivity contribution in [2.45, 2.75) is 24.7 Å². The van der Waals surface area contributed by atoms with Gasteiger partial charge >= 0.3 is 0 Å². The standard InChI is InChI=1S/C21H25N3O4S/c1-16-7-9-19(10-8-16)29(27,28)24(18-5-3-2-4-6-18)15-20(25)23-13-11-17(12-14-23)21(22)26/h2-10,17H,11-15H2,1H3,(H2,22,26). The lowest BCUT2D eigenvalue weighted by Gasteiger charge is -2.33. The van der Waals surface area contributed by atoms with Crippen molar-refractivity contribution in [2.75, 3.05) is 23.9 Å². The van der Waals surface area contributed by atoms with E-state index < -0.39 is 10.0 Å². The van der Waals surface area contributed by atoms with Crippen LogP contribution >= 0.6 is 0 Å². The molecule has 1 aliphatic rings. The van der Waals surface area contributed by atoms with Gasteiger partial charge in [0.1, 0.15) is 6.54 Å². The molecule has 0 aromatic heterocycles. The van der Waals surface area contributed by atoms with Crippen LogP contribution in [0.1, 0.15) is 18.4 Å². The molecule has 2 aromatic carbocycles. The van der Waals surface area contributed by atoms with Crippen LogP contribution in [0, 0.1) is 12.8 Å². The van der Waals surface area contributed by atoms with E-state index in [2.05, 4.69) is 0 Å². The number of aryl methyl sites for hydroxylation is 1. The van der Waals surface area contributed by atoms with Crippen LogP contribution in [-0.4, -0.2) is 44.8 Å². The first-order chi connectivity index (χ1) is 13.8. The number of nitrogens with two attached hydrogens (primary N) is 1. The average molecular weight is 416 g/mol. The molecule has 2 amide bonds. The molecule has 29 heavy (non-hydrogen) atoms. The van der Waals surface area contributed by atoms with Gasteiger partial charge in [0, 0.05) is 19.0 Å². The van der Waals surface area contributed by atoms with Crippen molar-refractivity contribution >= 4 is 27.5 Å². The third kappa shape index (κ3) is 4.76. The Morgan fingerprint density at radius 3 is 2.17 bits per heavy atom. The Kier molecular flexibility index (Phi) is 6.22. The maximum atomic E-state index is 13.3. The molecule has 0 unspecified atom stereocenters. The average Bonchev–Trinajstić information content (AvgIpc) is 2.72. The molecule has 0 atom stereocenters. The second-order valence-electron chi connectivity index (χ2n) is 7.22. The second kappa shape index (κ2) is 8.65. The lowest BCUT2D eigenvalue weighted by Crippen LogP contribution is -2.47. The van der Waals surface area contributed by atoms with Crippen molar-refractivity contribution in [3.63, 3.8) is 0 Å². The molecule has 0 bridgehead atoms. The van der Waals surface area contributed by atoms with E-state index in [1.54, 1.807) is 59.5 Å². The first-order valence-electron chi connectivity index (χ1n) is 9.50. The van der Waals surface area contributed by atoms with Crippen LogP contribution in [-0.2, 0) is 19.6 Å². The molecule has 0 radical (unpaired) electrons. The highest BCUT2D eigenvalue weighted by Crippen LogP contribution is 2.25. The summed E-state index contributed by atoms with van der Waals surface area (Å²) in [6.07, 6.45) is 0.994. The molecule has 8 heteroatoms. The van der Waals surface area contributed by atoms with Crippen molar-refractivity contribution in [3.8, 4) is 0 Å². The molecule has 1 saturated heterocycles. The van der Waals surface area contributed by atoms with Crippen molar-refractivity contribution in [3.05, 3.63) is 60.2 Å². The molecule has 0 saturated carbocycles. The molecule has 3 rings (SSSR count). The topological polar surface area (TPSA) is 101 Å². The maximum Gasteiger partial charge on any atom is 0.264 e. The van der Waals surface area contributed by atoms with Gasteiger partial charge in [0.25, 0.3) is 10.0 Å². The van der Waals surface area contributed by atoms with Gasteiger partial charge in [-0.05, 0) is 44.0 Å². The predicted molar refractivity (Wildman–Crippen MR) is 111 cm³/mol. The van der Waals surface area contributed by atoms with Crippen molar-refractivity contribution in [1.29, 1.82) is 0 Å². The number of carbonyl (C=O) groups excluding carboxylic acids is 2. The molecule has 2 aromatic rings. The smallest absolute Gasteiger partial charge is 0.264 e. The Hall–Kier alpha value is -2.87. The number of hydrogen-bond acceptors (Lipinski definition) is 4. The molecule has 1 aliphatic heterocycles. The number of nitrogens with zero attached hydrogens (tertiary/aromatic N) is 2. The summed E-state index contributed by atoms with van der Waals surface area (Å²) in [5.41, 5.74) is 6.72. The lowest BCUT2D eigenvalue weighted by molar-refractivity contribution is -0.133. The number of hydrogen-bond donors (Lipinski definition) is 1. The number of carbonyl (C=O) groups is 2. The van der Waals surface area contributed by atoms with Gasteiger partial charge in [-0.1, -0.05) is 35.9 Å². The minimum atomic E-state index is -3.92. The third-order valence-corrected chi connectivity index (χ3v) is 6.97. The third-order valence-electron chi connectivity index (χ3n) is 5.18. The minimum Gasteiger partial charge on any atom is -0.369 e. The number of rotatable bonds is 6. The summed E-state index contributed by atoms with van der Waals surface area (Å²) in [6, 6.07) is 15.1. The number of anilines is 1. The van der Waals surface area contributed by atoms with Crippen molar-refractivity contribution in [1.82, 2.24) is 4.90 Å². The normalized spacial score (nSPS) is 15.1. The molecular formula is C21H25N3O4S. The van der Waals surface area contributed by atoms with Crippen LogP contribution in [0.3, 0.4) is 0 Å². The van der Waals surface area contributed by atoms with Crippen molar-refractivity contribution in [2.24, 2.45) is 11.7 Å². The van der Waals surface area contributed by atoms with E-state index in [0.717, 1.165) is 9.87 Å². The fraction of sp³-hybridized carbons (Fsp3) is 0.333. The van der Waals surface area contributed by atoms with Gasteiger partial charge < -0.3 is 10.6 Å². The SMILES string of the molecule is Cc1ccc(S(=O)(=O)N(CC(=O)N2CCC(C(N)=O)CC2)c2ccccc2)cc1. The van der Waals surface area contributed by atoms with E-state index in [1.807, 2.05) is 6.92 Å². The number of para-hydroxylation sites is 1. The van der Waals surface area contributed by atoms with Crippen LogP contribution in [0.4, 0.5) is 5.69 Å². The monoisotopic (exact) mass is 415 g/mol. The summed E-state index contributed by atoms with van der Waals surface area (Å²) < 4.78 is 27.7. The van der Waals surface area contributed by atoms with E-state index >= 15 is 0 Å². The summed E-state index contributed by atoms with van der Waals surface area (Å²) in [7, 11) is -3.92. The number of primary amides is 1. The highest BCUT2D eigenvalue weighted by molar-refractivity contribution is 7.92. The van der Waals surface area contributed by atoms with Gasteiger partial charge in [0.05, 0.1) is 10.6 Å². The first kappa shape index (κ1) is 20.9. The Labute approximate surface area is 171 Å². The molecular weight excluding hydrogens is 390 g/mol. The van der Waals surface area contributed by atoms with Crippen LogP contribution in [0.2, 0.25) is 0 Å². The highest BCUT2D eigenvalue weighted by atomic mass is 32.2. The summed E-state index contributed by atoms with van der Waals surface area (Å²) in [5.74, 6) is -0.891. The van der Waals surface area contributed by atoms with Crippen molar-refractivity contribution < 1.29 is 18.0 Å². The maximum absolute atomic E-state index is 13.3. The van der Waals surface area contributed by atoms with Gasteiger partial charge in [-0.15, -0.1) is 0 Å². The van der Waals surface area contributed by atoms with Crippen LogP contribution in [0.25, 0.3) is 0 Å². The summed E-state index contributed by atoms with van der Waals surface area (Å²) in [6.45, 7) is 2.35. The molecule has 1 heterocycles. The molecule has 1 fully saturated rings. The number of benzene rings is 2. The van der Waals surface area contributed by atoms with E-state index in [-0.39, 0.29) is 29.2 Å². The second-order valence-corrected chi connectivity index (χ2v) is 9.08. The molecule has 154 valence electrons. The zero-order chi connectivity index (χ0) is 21.0. The zero-order valence-corrected chi connectivity index (χ0v) is 17.1. The molecule has 0 aliphatic carbocycles. The number of piperidine rings is 1. The van der Waals surface area contributed by atoms with E-state index in [4.69, 9.17) is 5.73 Å². The molecule has 7 nitrogen and oxygen atoms in total. The summed E-state index contributed by atoms with van der Waals surface area (Å²) in [4.78, 5) is 26.0. The van der Waals surface area contributed by atoms with E-state index in [0.29, 0.717) is 31.6 Å². The van der Waals surface area contributed by atoms with Gasteiger partial charge in [0.15, 0.2) is 0 Å². The molecule has 2 N–H and O–H groups in total. The molecule has 0 spiro atoms. The summed E-state index contributed by atoms with van der Waals surface area (Å²) >= 11 is 0. The minimum absolute atomic E-state index is 0.132. The Morgan fingerprint density at radius 1 is 1.03 bits per heavy atom. The Bertz CT molecular complexity index is 967. The summed E-state index contributed by atoms with van der Waals surface area (Å²) in [5, 5.41) is 0. The quantitative estimate of drug-likeness (QED) is 0.779. The zero-order valence-electron chi connectivity index (χ0n) is 16.3. The Balaban J connectivity index is 1.84. The lowest BCUT2D eigenvalue weighted by atomic mass is 9.96. The number of likely N-dealkylation sites (tertiary alicyclic amines) is 1. The van der Waals surface area contributed by atoms with Gasteiger partial charge in [-0.3, -0.25) is 13.9 Å². The van der Waals surface area contributed by atoms with Gasteiger partial charge in [-0.2, -0.15) is 0 Å². The van der Waals surface area contributed by atoms with Crippen LogP contribution in [0.15, 0.2) is 59.5 Å². The van der Waals surface area contributed by atoms with Crippen LogP contribution in [0.5, 0.6) is 0 Å². The van der Waals surface area contributed by atoms with E-state index in [1.165, 1.54) is 0 Å².